The first-order chi connectivity index (χ1) is 11.2. The fourth-order valence-corrected chi connectivity index (χ4v) is 3.27. The Bertz CT molecular complexity index is 843. The zero-order valence-electron chi connectivity index (χ0n) is 14.3. The van der Waals surface area contributed by atoms with E-state index in [-0.39, 0.29) is 16.7 Å². The Kier molecular flexibility index (Phi) is 5.41. The smallest absolute Gasteiger partial charge is 0.255 e. The van der Waals surface area contributed by atoms with Crippen molar-refractivity contribution in [1.29, 1.82) is 0 Å². The van der Waals surface area contributed by atoms with Crippen LogP contribution >= 0.6 is 0 Å². The molecule has 2 aromatic carbocycles. The summed E-state index contributed by atoms with van der Waals surface area (Å²) >= 11 is 0. The number of amides is 1. The lowest BCUT2D eigenvalue weighted by Crippen LogP contribution is -2.23. The molecule has 0 aliphatic heterocycles. The lowest BCUT2D eigenvalue weighted by atomic mass is 10.0. The monoisotopic (exact) mass is 346 g/mol. The lowest BCUT2D eigenvalue weighted by Gasteiger charge is -2.15. The van der Waals surface area contributed by atoms with E-state index in [0.717, 1.165) is 15.6 Å². The maximum Gasteiger partial charge on any atom is 0.255 e. The van der Waals surface area contributed by atoms with E-state index in [2.05, 4.69) is 19.2 Å². The highest BCUT2D eigenvalue weighted by molar-refractivity contribution is 7.89. The van der Waals surface area contributed by atoms with Crippen LogP contribution in [0.2, 0.25) is 0 Å². The molecule has 0 unspecified atom stereocenters. The number of nitrogens with zero attached hydrogens (tertiary/aromatic N) is 1. The second kappa shape index (κ2) is 7.15. The molecule has 1 amide bonds. The van der Waals surface area contributed by atoms with Crippen molar-refractivity contribution in [3.8, 4) is 0 Å². The number of carbonyl (C=O) groups excluding carboxylic acids is 1. The molecule has 0 saturated heterocycles. The molecule has 0 atom stereocenters. The van der Waals surface area contributed by atoms with Crippen LogP contribution in [0.4, 0.5) is 5.69 Å². The molecule has 0 bridgehead atoms. The molecule has 0 aliphatic rings. The van der Waals surface area contributed by atoms with Crippen molar-refractivity contribution in [1.82, 2.24) is 4.31 Å². The summed E-state index contributed by atoms with van der Waals surface area (Å²) in [5.41, 5.74) is 2.07. The Morgan fingerprint density at radius 1 is 1.04 bits per heavy atom. The number of benzene rings is 2. The summed E-state index contributed by atoms with van der Waals surface area (Å²) in [6.07, 6.45) is 0. The molecule has 24 heavy (non-hydrogen) atoms. The third-order valence-electron chi connectivity index (χ3n) is 3.71. The Balaban J connectivity index is 2.32. The Hall–Kier alpha value is -2.18. The van der Waals surface area contributed by atoms with Gasteiger partial charge in [0.2, 0.25) is 10.0 Å². The number of carbonyl (C=O) groups is 1. The first kappa shape index (κ1) is 18.2. The van der Waals surface area contributed by atoms with E-state index in [9.17, 15) is 13.2 Å². The van der Waals surface area contributed by atoms with Gasteiger partial charge in [0.05, 0.1) is 4.90 Å². The normalized spacial score (nSPS) is 11.8. The van der Waals surface area contributed by atoms with Gasteiger partial charge in [0.25, 0.3) is 5.91 Å². The van der Waals surface area contributed by atoms with Gasteiger partial charge >= 0.3 is 0 Å². The summed E-state index contributed by atoms with van der Waals surface area (Å²) in [5, 5.41) is 2.87. The molecule has 0 saturated carbocycles. The number of rotatable bonds is 5. The molecule has 0 aromatic heterocycles. The Morgan fingerprint density at radius 2 is 1.71 bits per heavy atom. The lowest BCUT2D eigenvalue weighted by molar-refractivity contribution is 0.102. The van der Waals surface area contributed by atoms with E-state index in [0.29, 0.717) is 5.56 Å². The quantitative estimate of drug-likeness (QED) is 0.903. The Labute approximate surface area is 143 Å². The molecule has 0 aliphatic carbocycles. The minimum atomic E-state index is -3.57. The van der Waals surface area contributed by atoms with Crippen LogP contribution in [-0.4, -0.2) is 32.7 Å². The fraction of sp³-hybridized carbons (Fsp3) is 0.278. The van der Waals surface area contributed by atoms with Crippen LogP contribution in [-0.2, 0) is 10.0 Å². The molecular weight excluding hydrogens is 324 g/mol. The molecule has 0 fully saturated rings. The number of sulfonamides is 1. The Morgan fingerprint density at radius 3 is 2.33 bits per heavy atom. The van der Waals surface area contributed by atoms with Crippen molar-refractivity contribution in [2.45, 2.75) is 24.7 Å². The topological polar surface area (TPSA) is 66.5 Å². The van der Waals surface area contributed by atoms with Crippen LogP contribution in [0, 0.1) is 0 Å². The van der Waals surface area contributed by atoms with Crippen molar-refractivity contribution >= 4 is 21.6 Å². The van der Waals surface area contributed by atoms with Gasteiger partial charge in [0, 0.05) is 25.3 Å². The van der Waals surface area contributed by atoms with Crippen molar-refractivity contribution < 1.29 is 13.2 Å². The number of hydrogen-bond donors (Lipinski definition) is 1. The summed E-state index contributed by atoms with van der Waals surface area (Å²) in [5.74, 6) is -0.0686. The van der Waals surface area contributed by atoms with Crippen LogP contribution in [0.15, 0.2) is 53.4 Å². The van der Waals surface area contributed by atoms with Crippen LogP contribution in [0.25, 0.3) is 0 Å². The van der Waals surface area contributed by atoms with Crippen LogP contribution < -0.4 is 5.32 Å². The number of anilines is 1. The van der Waals surface area contributed by atoms with Gasteiger partial charge in [-0.25, -0.2) is 12.7 Å². The van der Waals surface area contributed by atoms with Crippen molar-refractivity contribution in [2.75, 3.05) is 19.4 Å². The van der Waals surface area contributed by atoms with Crippen LogP contribution in [0.3, 0.4) is 0 Å². The highest BCUT2D eigenvalue weighted by atomic mass is 32.2. The average molecular weight is 346 g/mol. The molecule has 2 rings (SSSR count). The molecule has 5 nitrogen and oxygen atoms in total. The molecule has 1 N–H and O–H groups in total. The van der Waals surface area contributed by atoms with Gasteiger partial charge in [-0.15, -0.1) is 0 Å². The van der Waals surface area contributed by atoms with Gasteiger partial charge in [-0.05, 0) is 35.7 Å². The molecule has 128 valence electrons. The van der Waals surface area contributed by atoms with E-state index in [4.69, 9.17) is 0 Å². The minimum Gasteiger partial charge on any atom is -0.322 e. The zero-order valence-corrected chi connectivity index (χ0v) is 15.1. The minimum absolute atomic E-state index is 0.0947. The van der Waals surface area contributed by atoms with Gasteiger partial charge in [0.15, 0.2) is 0 Å². The van der Waals surface area contributed by atoms with Gasteiger partial charge in [-0.1, -0.05) is 38.1 Å². The molecular formula is C18H22N2O3S. The SMILES string of the molecule is CC(C)c1ccccc1NC(=O)c1cccc(S(=O)(=O)N(C)C)c1. The summed E-state index contributed by atoms with van der Waals surface area (Å²) in [4.78, 5) is 12.6. The fourth-order valence-electron chi connectivity index (χ4n) is 2.32. The van der Waals surface area contributed by atoms with E-state index < -0.39 is 10.0 Å². The second-order valence-electron chi connectivity index (χ2n) is 6.01. The molecule has 0 spiro atoms. The first-order valence-corrected chi connectivity index (χ1v) is 9.10. The predicted octanol–water partition coefficient (Wildman–Crippen LogP) is 3.31. The van der Waals surface area contributed by atoms with Gasteiger partial charge in [0.1, 0.15) is 0 Å². The molecule has 2 aromatic rings. The molecule has 0 heterocycles. The summed E-state index contributed by atoms with van der Waals surface area (Å²) in [7, 11) is -0.655. The van der Waals surface area contributed by atoms with E-state index >= 15 is 0 Å². The third kappa shape index (κ3) is 3.83. The van der Waals surface area contributed by atoms with Gasteiger partial charge in [-0.3, -0.25) is 4.79 Å². The first-order valence-electron chi connectivity index (χ1n) is 7.66. The molecule has 0 radical (unpaired) electrons. The van der Waals surface area contributed by atoms with Crippen molar-refractivity contribution in [2.24, 2.45) is 0 Å². The molecule has 6 heteroatoms. The van der Waals surface area contributed by atoms with Crippen LogP contribution in [0.1, 0.15) is 35.7 Å². The third-order valence-corrected chi connectivity index (χ3v) is 5.52. The number of para-hydroxylation sites is 1. The van der Waals surface area contributed by atoms with E-state index in [1.165, 1.54) is 26.2 Å². The second-order valence-corrected chi connectivity index (χ2v) is 8.16. The number of nitrogens with one attached hydrogen (secondary N) is 1. The maximum atomic E-state index is 12.5. The average Bonchev–Trinajstić information content (AvgIpc) is 2.55. The van der Waals surface area contributed by atoms with E-state index in [1.807, 2.05) is 24.3 Å². The van der Waals surface area contributed by atoms with Crippen molar-refractivity contribution in [3.05, 3.63) is 59.7 Å². The predicted molar refractivity (Wildman–Crippen MR) is 95.8 cm³/mol. The number of hydrogen-bond acceptors (Lipinski definition) is 3. The van der Waals surface area contributed by atoms with Gasteiger partial charge in [-0.2, -0.15) is 0 Å². The van der Waals surface area contributed by atoms with Crippen molar-refractivity contribution in [3.63, 3.8) is 0 Å². The highest BCUT2D eigenvalue weighted by Gasteiger charge is 2.19. The van der Waals surface area contributed by atoms with Crippen LogP contribution in [0.5, 0.6) is 0 Å². The maximum absolute atomic E-state index is 12.5. The zero-order chi connectivity index (χ0) is 17.9. The highest BCUT2D eigenvalue weighted by Crippen LogP contribution is 2.24. The summed E-state index contributed by atoms with van der Waals surface area (Å²) in [6, 6.07) is 13.6. The van der Waals surface area contributed by atoms with Gasteiger partial charge < -0.3 is 5.32 Å². The summed E-state index contributed by atoms with van der Waals surface area (Å²) in [6.45, 7) is 4.10. The van der Waals surface area contributed by atoms with E-state index in [1.54, 1.807) is 12.1 Å². The summed E-state index contributed by atoms with van der Waals surface area (Å²) < 4.78 is 25.5. The largest absolute Gasteiger partial charge is 0.322 e. The standard InChI is InChI=1S/C18H22N2O3S/c1-13(2)16-10-5-6-11-17(16)19-18(21)14-8-7-9-15(12-14)24(22,23)20(3)4/h5-13H,1-4H3,(H,19,21).